The number of Topliss-reactive ketones (excluding diaryl/α,β-unsaturated/α-hetero) is 1. The first kappa shape index (κ1) is 24.6. The molecule has 2 aliphatic rings. The minimum absolute atomic E-state index is 0.0748. The van der Waals surface area contributed by atoms with Gasteiger partial charge in [0.05, 0.1) is 16.5 Å². The van der Waals surface area contributed by atoms with Crippen LogP contribution in [0.25, 0.3) is 0 Å². The number of nitriles is 1. The number of ketones is 1. The Balaban J connectivity index is 1.24. The van der Waals surface area contributed by atoms with E-state index in [1.165, 1.54) is 22.7 Å². The number of amides is 1. The Morgan fingerprint density at radius 1 is 1.11 bits per heavy atom. The number of ether oxygens (including phenoxy) is 1. The largest absolute Gasteiger partial charge is 0.475 e. The molecule has 5 rings (SSSR count). The number of aromatic nitrogens is 1. The van der Waals surface area contributed by atoms with Gasteiger partial charge in [0, 0.05) is 51.1 Å². The average molecular weight is 522 g/mol. The second-order valence-corrected chi connectivity index (χ2v) is 10.6. The van der Waals surface area contributed by atoms with Crippen LogP contribution in [-0.2, 0) is 0 Å². The zero-order chi connectivity index (χ0) is 24.9. The van der Waals surface area contributed by atoms with Crippen molar-refractivity contribution in [3.63, 3.8) is 0 Å². The molecule has 0 radical (unpaired) electrons. The van der Waals surface area contributed by atoms with E-state index in [4.69, 9.17) is 15.0 Å². The number of benzene rings is 1. The summed E-state index contributed by atoms with van der Waals surface area (Å²) in [6.07, 6.45) is 0.608. The maximum Gasteiger partial charge on any atom is 0.270 e. The molecule has 186 valence electrons. The van der Waals surface area contributed by atoms with Crippen LogP contribution >= 0.6 is 22.7 Å². The van der Waals surface area contributed by atoms with Crippen molar-refractivity contribution in [3.8, 4) is 11.8 Å². The first-order chi connectivity index (χ1) is 17.6. The van der Waals surface area contributed by atoms with Gasteiger partial charge in [0.1, 0.15) is 11.4 Å². The molecule has 1 aromatic carbocycles. The summed E-state index contributed by atoms with van der Waals surface area (Å²) >= 11 is 2.78. The first-order valence-electron chi connectivity index (χ1n) is 12.1. The van der Waals surface area contributed by atoms with Gasteiger partial charge in [-0.05, 0) is 36.5 Å². The Morgan fingerprint density at radius 2 is 1.89 bits per heavy atom. The lowest BCUT2D eigenvalue weighted by atomic mass is 10.1. The zero-order valence-corrected chi connectivity index (χ0v) is 21.5. The predicted molar refractivity (Wildman–Crippen MR) is 140 cm³/mol. The standard InChI is InChI=1S/C26H27N5O3S2/c27-9-4-10-29-13-15-30(16-14-29)11-5-12-31(25(33)22-8-3-17-35-22)26-28-20(18-36-26)24-23(32)19-6-1-2-7-21(19)34-24/h1-3,6-8,17-18,24H,4-5,10-16H2. The molecule has 36 heavy (non-hydrogen) atoms. The van der Waals surface area contributed by atoms with Crippen molar-refractivity contribution >= 4 is 39.5 Å². The number of fused-ring (bicyclic) bond motifs is 1. The van der Waals surface area contributed by atoms with Crippen LogP contribution in [-0.4, -0.2) is 72.3 Å². The van der Waals surface area contributed by atoms with Gasteiger partial charge in [-0.25, -0.2) is 4.98 Å². The Hall–Kier alpha value is -3.10. The van der Waals surface area contributed by atoms with Crippen LogP contribution < -0.4 is 9.64 Å². The minimum atomic E-state index is -0.775. The van der Waals surface area contributed by atoms with E-state index < -0.39 is 6.10 Å². The molecule has 10 heteroatoms. The number of para-hydroxylation sites is 1. The van der Waals surface area contributed by atoms with Gasteiger partial charge in [-0.3, -0.25) is 19.4 Å². The van der Waals surface area contributed by atoms with Crippen LogP contribution in [0, 0.1) is 11.3 Å². The molecular weight excluding hydrogens is 494 g/mol. The van der Waals surface area contributed by atoms with Crippen LogP contribution in [0.5, 0.6) is 5.75 Å². The lowest BCUT2D eigenvalue weighted by Gasteiger charge is -2.34. The SMILES string of the molecule is N#CCCN1CCN(CCCN(C(=O)c2cccs2)c2nc(C3Oc4ccccc4C3=O)cs2)CC1. The summed E-state index contributed by atoms with van der Waals surface area (Å²) in [5, 5.41) is 13.1. The minimum Gasteiger partial charge on any atom is -0.475 e. The fraction of sp³-hybridized carbons (Fsp3) is 0.385. The number of hydrogen-bond acceptors (Lipinski definition) is 9. The third kappa shape index (κ3) is 5.34. The summed E-state index contributed by atoms with van der Waals surface area (Å²) in [5.74, 6) is 0.392. The average Bonchev–Trinajstić information content (AvgIpc) is 3.67. The highest BCUT2D eigenvalue weighted by molar-refractivity contribution is 7.14. The van der Waals surface area contributed by atoms with Gasteiger partial charge in [0.15, 0.2) is 5.13 Å². The van der Waals surface area contributed by atoms with Crippen molar-refractivity contribution in [3.05, 3.63) is 63.3 Å². The van der Waals surface area contributed by atoms with Gasteiger partial charge in [-0.15, -0.1) is 22.7 Å². The third-order valence-corrected chi connectivity index (χ3v) is 8.22. The first-order valence-corrected chi connectivity index (χ1v) is 13.8. The van der Waals surface area contributed by atoms with Crippen LogP contribution in [0.3, 0.4) is 0 Å². The van der Waals surface area contributed by atoms with Crippen LogP contribution in [0.4, 0.5) is 5.13 Å². The fourth-order valence-electron chi connectivity index (χ4n) is 4.52. The van der Waals surface area contributed by atoms with Crippen molar-refractivity contribution in [1.29, 1.82) is 5.26 Å². The lowest BCUT2D eigenvalue weighted by molar-refractivity contribution is 0.0854. The zero-order valence-electron chi connectivity index (χ0n) is 19.8. The van der Waals surface area contributed by atoms with E-state index in [-0.39, 0.29) is 11.7 Å². The maximum absolute atomic E-state index is 13.4. The van der Waals surface area contributed by atoms with E-state index in [2.05, 4.69) is 15.9 Å². The number of rotatable bonds is 9. The number of carbonyl (C=O) groups is 2. The van der Waals surface area contributed by atoms with Gasteiger partial charge < -0.3 is 9.64 Å². The Labute approximate surface area is 218 Å². The van der Waals surface area contributed by atoms with Gasteiger partial charge >= 0.3 is 0 Å². The second-order valence-electron chi connectivity index (χ2n) is 8.79. The molecular formula is C26H27N5O3S2. The topological polar surface area (TPSA) is 89.8 Å². The van der Waals surface area contributed by atoms with Crippen LogP contribution in [0.2, 0.25) is 0 Å². The molecule has 2 aromatic heterocycles. The highest BCUT2D eigenvalue weighted by Crippen LogP contribution is 2.38. The number of hydrogen-bond donors (Lipinski definition) is 0. The van der Waals surface area contributed by atoms with E-state index >= 15 is 0 Å². The monoisotopic (exact) mass is 521 g/mol. The second kappa shape index (κ2) is 11.3. The predicted octanol–water partition coefficient (Wildman–Crippen LogP) is 4.09. The van der Waals surface area contributed by atoms with Gasteiger partial charge in [-0.2, -0.15) is 5.26 Å². The third-order valence-electron chi connectivity index (χ3n) is 6.48. The summed E-state index contributed by atoms with van der Waals surface area (Å²) in [5.41, 5.74) is 1.10. The molecule has 3 aromatic rings. The summed E-state index contributed by atoms with van der Waals surface area (Å²) in [4.78, 5) is 38.1. The Morgan fingerprint density at radius 3 is 2.61 bits per heavy atom. The van der Waals surface area contributed by atoms with Crippen molar-refractivity contribution < 1.29 is 14.3 Å². The smallest absolute Gasteiger partial charge is 0.270 e. The van der Waals surface area contributed by atoms with Gasteiger partial charge in [-0.1, -0.05) is 18.2 Å². The van der Waals surface area contributed by atoms with Crippen LogP contribution in [0.15, 0.2) is 47.2 Å². The van der Waals surface area contributed by atoms with Gasteiger partial charge in [0.25, 0.3) is 5.91 Å². The summed E-state index contributed by atoms with van der Waals surface area (Å²) in [7, 11) is 0. The molecule has 8 nitrogen and oxygen atoms in total. The molecule has 0 aliphatic carbocycles. The molecule has 1 amide bonds. The molecule has 1 unspecified atom stereocenters. The van der Waals surface area contributed by atoms with Crippen molar-refractivity contribution in [2.45, 2.75) is 18.9 Å². The molecule has 0 N–H and O–H groups in total. The summed E-state index contributed by atoms with van der Waals surface area (Å²) in [6, 6.07) is 13.1. The molecule has 1 saturated heterocycles. The molecule has 1 fully saturated rings. The number of thiophene rings is 1. The maximum atomic E-state index is 13.4. The number of nitrogens with zero attached hydrogens (tertiary/aromatic N) is 5. The lowest BCUT2D eigenvalue weighted by Crippen LogP contribution is -2.47. The van der Waals surface area contributed by atoms with Crippen molar-refractivity contribution in [2.24, 2.45) is 0 Å². The molecule has 0 bridgehead atoms. The molecule has 1 atom stereocenters. The van der Waals surface area contributed by atoms with E-state index in [9.17, 15) is 9.59 Å². The Bertz CT molecular complexity index is 1240. The van der Waals surface area contributed by atoms with Crippen LogP contribution in [0.1, 0.15) is 44.7 Å². The number of piperazine rings is 1. The van der Waals surface area contributed by atoms with E-state index in [0.717, 1.165) is 45.7 Å². The Kier molecular flexibility index (Phi) is 7.72. The highest BCUT2D eigenvalue weighted by Gasteiger charge is 2.35. The molecule has 2 aliphatic heterocycles. The van der Waals surface area contributed by atoms with Crippen molar-refractivity contribution in [1.82, 2.24) is 14.8 Å². The highest BCUT2D eigenvalue weighted by atomic mass is 32.1. The number of anilines is 1. The number of carbonyl (C=O) groups excluding carboxylic acids is 2. The van der Waals surface area contributed by atoms with Crippen molar-refractivity contribution in [2.75, 3.05) is 50.7 Å². The molecule has 4 heterocycles. The van der Waals surface area contributed by atoms with E-state index in [1.807, 2.05) is 35.0 Å². The molecule has 0 spiro atoms. The number of thiazole rings is 1. The van der Waals surface area contributed by atoms with Gasteiger partial charge in [0.2, 0.25) is 11.9 Å². The quantitative estimate of drug-likeness (QED) is 0.419. The van der Waals surface area contributed by atoms with E-state index in [1.54, 1.807) is 17.0 Å². The summed E-state index contributed by atoms with van der Waals surface area (Å²) in [6.45, 7) is 6.12. The normalized spacial score (nSPS) is 18.0. The van der Waals surface area contributed by atoms with E-state index in [0.29, 0.717) is 40.0 Å². The fourth-order valence-corrected chi connectivity index (χ4v) is 6.06. The summed E-state index contributed by atoms with van der Waals surface area (Å²) < 4.78 is 5.89. The molecule has 0 saturated carbocycles.